The Kier molecular flexibility index (Phi) is 5.80. The lowest BCUT2D eigenvalue weighted by Gasteiger charge is -2.13. The number of benzene rings is 1. The molecule has 0 saturated carbocycles. The van der Waals surface area contributed by atoms with E-state index in [4.69, 9.17) is 14.6 Å². The van der Waals surface area contributed by atoms with E-state index in [1.807, 2.05) is 32.0 Å². The third-order valence-electron chi connectivity index (χ3n) is 2.46. The minimum atomic E-state index is 0.0903. The molecule has 0 bridgehead atoms. The first-order valence-corrected chi connectivity index (χ1v) is 5.85. The molecule has 2 N–H and O–H groups in total. The van der Waals surface area contributed by atoms with Crippen molar-refractivity contribution in [3.63, 3.8) is 0 Å². The molecule has 0 spiro atoms. The van der Waals surface area contributed by atoms with Crippen LogP contribution in [0.15, 0.2) is 18.2 Å². The molecule has 1 atom stereocenters. The van der Waals surface area contributed by atoms with Crippen LogP contribution in [0.3, 0.4) is 0 Å². The van der Waals surface area contributed by atoms with Crippen molar-refractivity contribution in [2.75, 3.05) is 20.3 Å². The van der Waals surface area contributed by atoms with Crippen LogP contribution in [-0.4, -0.2) is 31.5 Å². The molecular formula is C13H21NO3. The SMILES string of the molecule is CCOc1ccc(CNC(C)CO)cc1OC. The smallest absolute Gasteiger partial charge is 0.161 e. The highest BCUT2D eigenvalue weighted by Gasteiger charge is 2.06. The molecule has 0 amide bonds. The molecular weight excluding hydrogens is 218 g/mol. The number of ether oxygens (including phenoxy) is 2. The standard InChI is InChI=1S/C13H21NO3/c1-4-17-12-6-5-11(7-13(12)16-3)8-14-10(2)9-15/h5-7,10,14-15H,4,8-9H2,1-3H3. The van der Waals surface area contributed by atoms with Crippen molar-refractivity contribution in [2.45, 2.75) is 26.4 Å². The summed E-state index contributed by atoms with van der Waals surface area (Å²) in [5.41, 5.74) is 1.10. The first kappa shape index (κ1) is 13.8. The summed E-state index contributed by atoms with van der Waals surface area (Å²) in [4.78, 5) is 0. The molecule has 4 heteroatoms. The van der Waals surface area contributed by atoms with Crippen molar-refractivity contribution in [2.24, 2.45) is 0 Å². The Labute approximate surface area is 103 Å². The van der Waals surface area contributed by atoms with E-state index in [0.29, 0.717) is 13.2 Å². The molecule has 0 aliphatic heterocycles. The molecule has 1 aromatic carbocycles. The van der Waals surface area contributed by atoms with Crippen LogP contribution in [0, 0.1) is 0 Å². The Hall–Kier alpha value is -1.26. The average Bonchev–Trinajstić information content (AvgIpc) is 2.37. The Morgan fingerprint density at radius 1 is 1.35 bits per heavy atom. The molecule has 0 heterocycles. The van der Waals surface area contributed by atoms with E-state index in [-0.39, 0.29) is 12.6 Å². The average molecular weight is 239 g/mol. The Morgan fingerprint density at radius 2 is 2.12 bits per heavy atom. The van der Waals surface area contributed by atoms with Crippen LogP contribution in [0.4, 0.5) is 0 Å². The third-order valence-corrected chi connectivity index (χ3v) is 2.46. The van der Waals surface area contributed by atoms with Gasteiger partial charge in [-0.3, -0.25) is 0 Å². The van der Waals surface area contributed by atoms with E-state index in [0.717, 1.165) is 17.1 Å². The molecule has 0 aliphatic carbocycles. The van der Waals surface area contributed by atoms with E-state index in [9.17, 15) is 0 Å². The van der Waals surface area contributed by atoms with Crippen molar-refractivity contribution in [3.05, 3.63) is 23.8 Å². The van der Waals surface area contributed by atoms with Crippen molar-refractivity contribution >= 4 is 0 Å². The second kappa shape index (κ2) is 7.14. The van der Waals surface area contributed by atoms with Gasteiger partial charge in [-0.15, -0.1) is 0 Å². The van der Waals surface area contributed by atoms with Gasteiger partial charge in [-0.1, -0.05) is 6.07 Å². The molecule has 0 aliphatic rings. The zero-order valence-corrected chi connectivity index (χ0v) is 10.7. The zero-order valence-electron chi connectivity index (χ0n) is 10.7. The fourth-order valence-electron chi connectivity index (χ4n) is 1.45. The minimum Gasteiger partial charge on any atom is -0.493 e. The number of hydrogen-bond donors (Lipinski definition) is 2. The second-order valence-corrected chi connectivity index (χ2v) is 3.88. The van der Waals surface area contributed by atoms with Gasteiger partial charge in [-0.05, 0) is 31.5 Å². The van der Waals surface area contributed by atoms with E-state index < -0.39 is 0 Å². The van der Waals surface area contributed by atoms with Crippen molar-refractivity contribution in [1.82, 2.24) is 5.32 Å². The van der Waals surface area contributed by atoms with Gasteiger partial charge in [0.25, 0.3) is 0 Å². The van der Waals surface area contributed by atoms with Gasteiger partial charge in [0.05, 0.1) is 20.3 Å². The van der Waals surface area contributed by atoms with Gasteiger partial charge in [-0.25, -0.2) is 0 Å². The van der Waals surface area contributed by atoms with Gasteiger partial charge in [0.15, 0.2) is 11.5 Å². The molecule has 1 rings (SSSR count). The fourth-order valence-corrected chi connectivity index (χ4v) is 1.45. The molecule has 0 radical (unpaired) electrons. The first-order valence-electron chi connectivity index (χ1n) is 5.85. The maximum atomic E-state index is 8.92. The van der Waals surface area contributed by atoms with Gasteiger partial charge in [0, 0.05) is 12.6 Å². The molecule has 1 unspecified atom stereocenters. The highest BCUT2D eigenvalue weighted by molar-refractivity contribution is 5.42. The maximum Gasteiger partial charge on any atom is 0.161 e. The summed E-state index contributed by atoms with van der Waals surface area (Å²) >= 11 is 0. The van der Waals surface area contributed by atoms with Crippen LogP contribution in [0.25, 0.3) is 0 Å². The zero-order chi connectivity index (χ0) is 12.7. The van der Waals surface area contributed by atoms with Gasteiger partial charge in [-0.2, -0.15) is 0 Å². The molecule has 0 saturated heterocycles. The quantitative estimate of drug-likeness (QED) is 0.758. The lowest BCUT2D eigenvalue weighted by atomic mass is 10.2. The van der Waals surface area contributed by atoms with E-state index in [2.05, 4.69) is 5.32 Å². The summed E-state index contributed by atoms with van der Waals surface area (Å²) < 4.78 is 10.7. The molecule has 4 nitrogen and oxygen atoms in total. The van der Waals surface area contributed by atoms with Crippen LogP contribution < -0.4 is 14.8 Å². The lowest BCUT2D eigenvalue weighted by molar-refractivity contribution is 0.251. The van der Waals surface area contributed by atoms with Gasteiger partial charge >= 0.3 is 0 Å². The predicted octanol–water partition coefficient (Wildman–Crippen LogP) is 1.56. The number of nitrogens with one attached hydrogen (secondary N) is 1. The van der Waals surface area contributed by atoms with Crippen LogP contribution >= 0.6 is 0 Å². The monoisotopic (exact) mass is 239 g/mol. The maximum absolute atomic E-state index is 8.92. The minimum absolute atomic E-state index is 0.0903. The summed E-state index contributed by atoms with van der Waals surface area (Å²) in [5.74, 6) is 1.50. The van der Waals surface area contributed by atoms with Crippen molar-refractivity contribution < 1.29 is 14.6 Å². The summed E-state index contributed by atoms with van der Waals surface area (Å²) in [6.07, 6.45) is 0. The molecule has 17 heavy (non-hydrogen) atoms. The number of hydrogen-bond acceptors (Lipinski definition) is 4. The second-order valence-electron chi connectivity index (χ2n) is 3.88. The van der Waals surface area contributed by atoms with Crippen LogP contribution in [0.5, 0.6) is 11.5 Å². The van der Waals surface area contributed by atoms with E-state index in [1.54, 1.807) is 7.11 Å². The van der Waals surface area contributed by atoms with Gasteiger partial charge < -0.3 is 19.9 Å². The van der Waals surface area contributed by atoms with Gasteiger partial charge in [0.2, 0.25) is 0 Å². The highest BCUT2D eigenvalue weighted by Crippen LogP contribution is 2.27. The van der Waals surface area contributed by atoms with Crippen molar-refractivity contribution in [3.8, 4) is 11.5 Å². The summed E-state index contributed by atoms with van der Waals surface area (Å²) in [5, 5.41) is 12.1. The van der Waals surface area contributed by atoms with E-state index in [1.165, 1.54) is 0 Å². The molecule has 0 fully saturated rings. The van der Waals surface area contributed by atoms with Gasteiger partial charge in [0.1, 0.15) is 0 Å². The number of methoxy groups -OCH3 is 1. The molecule has 96 valence electrons. The normalized spacial score (nSPS) is 12.2. The third kappa shape index (κ3) is 4.24. The Bertz CT molecular complexity index is 341. The van der Waals surface area contributed by atoms with Crippen LogP contribution in [0.2, 0.25) is 0 Å². The topological polar surface area (TPSA) is 50.7 Å². The summed E-state index contributed by atoms with van der Waals surface area (Å²) in [7, 11) is 1.63. The van der Waals surface area contributed by atoms with Crippen LogP contribution in [0.1, 0.15) is 19.4 Å². The number of aliphatic hydroxyl groups excluding tert-OH is 1. The molecule has 1 aromatic rings. The number of rotatable bonds is 7. The summed E-state index contributed by atoms with van der Waals surface area (Å²) in [6.45, 7) is 5.33. The van der Waals surface area contributed by atoms with Crippen molar-refractivity contribution in [1.29, 1.82) is 0 Å². The van der Waals surface area contributed by atoms with E-state index >= 15 is 0 Å². The lowest BCUT2D eigenvalue weighted by Crippen LogP contribution is -2.28. The highest BCUT2D eigenvalue weighted by atomic mass is 16.5. The fraction of sp³-hybridized carbons (Fsp3) is 0.538. The first-order chi connectivity index (χ1) is 8.21. The molecule has 0 aromatic heterocycles. The number of aliphatic hydroxyl groups is 1. The summed E-state index contributed by atoms with van der Waals surface area (Å²) in [6, 6.07) is 5.93. The predicted molar refractivity (Wildman–Crippen MR) is 67.6 cm³/mol. The Balaban J connectivity index is 2.68. The van der Waals surface area contributed by atoms with Crippen LogP contribution in [-0.2, 0) is 6.54 Å². The largest absolute Gasteiger partial charge is 0.493 e. The Morgan fingerprint density at radius 3 is 2.71 bits per heavy atom.